The van der Waals surface area contributed by atoms with E-state index in [1.54, 1.807) is 0 Å². The van der Waals surface area contributed by atoms with Crippen LogP contribution < -0.4 is 10.6 Å². The lowest BCUT2D eigenvalue weighted by Gasteiger charge is -2.26. The van der Waals surface area contributed by atoms with Crippen LogP contribution in [0, 0.1) is 11.8 Å². The first kappa shape index (κ1) is 20.7. The summed E-state index contributed by atoms with van der Waals surface area (Å²) >= 11 is 0. The lowest BCUT2D eigenvalue weighted by molar-refractivity contribution is -0.136. The molecule has 2 saturated carbocycles. The first-order valence-corrected chi connectivity index (χ1v) is 11.6. The number of hydrogen-bond donors (Lipinski definition) is 2. The molecule has 0 aromatic heterocycles. The molecule has 0 atom stereocenters. The average molecular weight is 432 g/mol. The van der Waals surface area contributed by atoms with Gasteiger partial charge in [-0.25, -0.2) is 4.79 Å². The van der Waals surface area contributed by atoms with E-state index in [0.717, 1.165) is 37.0 Å². The fourth-order valence-electron chi connectivity index (χ4n) is 5.17. The Balaban J connectivity index is 1.20. The van der Waals surface area contributed by atoms with Gasteiger partial charge >= 0.3 is 6.03 Å². The topological polar surface area (TPSA) is 78.5 Å². The Labute approximate surface area is 188 Å². The highest BCUT2D eigenvalue weighted by Gasteiger charge is 2.65. The molecule has 3 fully saturated rings. The van der Waals surface area contributed by atoms with E-state index < -0.39 is 11.6 Å². The first-order chi connectivity index (χ1) is 15.6. The van der Waals surface area contributed by atoms with Crippen molar-refractivity contribution in [1.82, 2.24) is 15.5 Å². The van der Waals surface area contributed by atoms with Gasteiger partial charge in [-0.15, -0.1) is 0 Å². The molecule has 3 aliphatic rings. The Morgan fingerprint density at radius 3 is 1.97 bits per heavy atom. The summed E-state index contributed by atoms with van der Waals surface area (Å²) < 4.78 is 0. The molecule has 5 rings (SSSR count). The van der Waals surface area contributed by atoms with Crippen LogP contribution in [0.2, 0.25) is 0 Å². The number of carbonyl (C=O) groups excluding carboxylic acids is 3. The molecule has 32 heavy (non-hydrogen) atoms. The smallest absolute Gasteiger partial charge is 0.325 e. The summed E-state index contributed by atoms with van der Waals surface area (Å²) in [5.41, 5.74) is 1.64. The number of benzene rings is 2. The normalized spacial score (nSPS) is 19.8. The quantitative estimate of drug-likeness (QED) is 0.597. The molecule has 0 bridgehead atoms. The van der Waals surface area contributed by atoms with Crippen LogP contribution >= 0.6 is 0 Å². The van der Waals surface area contributed by atoms with E-state index in [9.17, 15) is 14.4 Å². The Kier molecular flexibility index (Phi) is 5.45. The van der Waals surface area contributed by atoms with Gasteiger partial charge < -0.3 is 10.6 Å². The molecule has 166 valence electrons. The molecule has 0 radical (unpaired) electrons. The van der Waals surface area contributed by atoms with Gasteiger partial charge in [-0.3, -0.25) is 14.5 Å². The van der Waals surface area contributed by atoms with Crippen molar-refractivity contribution in [2.24, 2.45) is 11.8 Å². The minimum Gasteiger partial charge on any atom is -0.355 e. The van der Waals surface area contributed by atoms with Gasteiger partial charge in [-0.05, 0) is 55.1 Å². The second-order valence-electron chi connectivity index (χ2n) is 9.25. The second kappa shape index (κ2) is 8.41. The summed E-state index contributed by atoms with van der Waals surface area (Å²) in [6.07, 6.45) is 4.63. The van der Waals surface area contributed by atoms with Gasteiger partial charge in [-0.2, -0.15) is 0 Å². The largest absolute Gasteiger partial charge is 0.355 e. The van der Waals surface area contributed by atoms with Crippen molar-refractivity contribution in [1.29, 1.82) is 0 Å². The van der Waals surface area contributed by atoms with Gasteiger partial charge in [0.15, 0.2) is 0 Å². The number of hydrogen-bond acceptors (Lipinski definition) is 3. The minimum atomic E-state index is -0.747. The Morgan fingerprint density at radius 1 is 0.938 bits per heavy atom. The van der Waals surface area contributed by atoms with Crippen molar-refractivity contribution in [2.75, 3.05) is 13.1 Å². The van der Waals surface area contributed by atoms with Gasteiger partial charge in [0.25, 0.3) is 5.91 Å². The maximum Gasteiger partial charge on any atom is 0.325 e. The van der Waals surface area contributed by atoms with Crippen LogP contribution in [0.3, 0.4) is 0 Å². The number of amides is 4. The van der Waals surface area contributed by atoms with Crippen LogP contribution in [-0.2, 0) is 9.59 Å². The number of urea groups is 1. The van der Waals surface area contributed by atoms with E-state index in [1.165, 1.54) is 11.1 Å². The van der Waals surface area contributed by atoms with E-state index in [0.29, 0.717) is 6.54 Å². The van der Waals surface area contributed by atoms with Crippen molar-refractivity contribution >= 4 is 17.8 Å². The number of nitrogens with one attached hydrogen (secondary N) is 2. The van der Waals surface area contributed by atoms with E-state index in [4.69, 9.17) is 0 Å². The van der Waals surface area contributed by atoms with Gasteiger partial charge in [0.05, 0.1) is 0 Å². The van der Waals surface area contributed by atoms with E-state index in [1.807, 2.05) is 36.4 Å². The van der Waals surface area contributed by atoms with Crippen LogP contribution in [0.5, 0.6) is 0 Å². The predicted molar refractivity (Wildman–Crippen MR) is 121 cm³/mol. The predicted octanol–water partition coefficient (Wildman–Crippen LogP) is 3.44. The minimum absolute atomic E-state index is 0.159. The highest BCUT2D eigenvalue weighted by atomic mass is 16.2. The Bertz CT molecular complexity index is 948. The van der Waals surface area contributed by atoms with Gasteiger partial charge in [-0.1, -0.05) is 60.7 Å². The zero-order valence-electron chi connectivity index (χ0n) is 18.1. The molecule has 2 aromatic carbocycles. The lowest BCUT2D eigenvalue weighted by Crippen LogP contribution is -2.51. The number of rotatable bonds is 9. The molecule has 6 heteroatoms. The maximum absolute atomic E-state index is 13.2. The van der Waals surface area contributed by atoms with E-state index >= 15 is 0 Å². The van der Waals surface area contributed by atoms with Crippen molar-refractivity contribution in [2.45, 2.75) is 43.6 Å². The van der Waals surface area contributed by atoms with E-state index in [2.05, 4.69) is 34.9 Å². The number of carbonyl (C=O) groups is 3. The Hall–Kier alpha value is -3.15. The number of imide groups is 1. The average Bonchev–Trinajstić information content (AvgIpc) is 3.73. The zero-order chi connectivity index (χ0) is 22.1. The highest BCUT2D eigenvalue weighted by molar-refractivity contribution is 6.09. The molecular weight excluding hydrogens is 402 g/mol. The molecule has 0 spiro atoms. The van der Waals surface area contributed by atoms with Crippen molar-refractivity contribution < 1.29 is 14.4 Å². The van der Waals surface area contributed by atoms with Crippen LogP contribution in [0.15, 0.2) is 60.7 Å². The second-order valence-corrected chi connectivity index (χ2v) is 9.25. The Morgan fingerprint density at radius 2 is 1.47 bits per heavy atom. The summed E-state index contributed by atoms with van der Waals surface area (Å²) in [7, 11) is 0. The van der Waals surface area contributed by atoms with Gasteiger partial charge in [0.2, 0.25) is 5.91 Å². The van der Waals surface area contributed by atoms with Crippen LogP contribution in [0.4, 0.5) is 4.79 Å². The van der Waals surface area contributed by atoms with Crippen LogP contribution in [0.25, 0.3) is 0 Å². The molecular formula is C26H29N3O3. The van der Waals surface area contributed by atoms with Crippen molar-refractivity contribution in [3.05, 3.63) is 71.8 Å². The van der Waals surface area contributed by atoms with Gasteiger partial charge in [0, 0.05) is 12.5 Å². The molecule has 1 heterocycles. The molecule has 0 unspecified atom stereocenters. The molecule has 4 amide bonds. The third-order valence-electron chi connectivity index (χ3n) is 7.06. The zero-order valence-corrected chi connectivity index (χ0v) is 18.1. The van der Waals surface area contributed by atoms with Crippen molar-refractivity contribution in [3.8, 4) is 0 Å². The monoisotopic (exact) mass is 431 g/mol. The molecule has 2 N–H and O–H groups in total. The number of nitrogens with zero attached hydrogens (tertiary/aromatic N) is 1. The molecule has 1 aliphatic heterocycles. The summed E-state index contributed by atoms with van der Waals surface area (Å²) in [6.45, 7) is 0.251. The van der Waals surface area contributed by atoms with Crippen molar-refractivity contribution in [3.63, 3.8) is 0 Å². The van der Waals surface area contributed by atoms with Gasteiger partial charge in [0.1, 0.15) is 12.1 Å². The molecule has 1 saturated heterocycles. The first-order valence-electron chi connectivity index (χ1n) is 11.6. The standard InChI is InChI=1S/C26H29N3O3/c30-23(17-29-24(31)26(20-11-12-20,21-13-14-21)28-25(29)32)27-16-15-22(18-7-3-1-4-8-18)19-9-5-2-6-10-19/h1-10,20-22H,11-17H2,(H,27,30)(H,28,32). The van der Waals surface area contributed by atoms with E-state index in [-0.39, 0.29) is 36.1 Å². The highest BCUT2D eigenvalue weighted by Crippen LogP contribution is 2.54. The van der Waals surface area contributed by atoms with Crippen LogP contribution in [-0.4, -0.2) is 41.4 Å². The molecule has 2 aromatic rings. The summed E-state index contributed by atoms with van der Waals surface area (Å²) in [5.74, 6) is 0.130. The lowest BCUT2D eigenvalue weighted by atomic mass is 9.87. The third-order valence-corrected chi connectivity index (χ3v) is 7.06. The summed E-state index contributed by atoms with van der Waals surface area (Å²) in [5, 5.41) is 5.90. The molecule has 2 aliphatic carbocycles. The summed E-state index contributed by atoms with van der Waals surface area (Å²) in [6, 6.07) is 20.1. The fourth-order valence-corrected chi connectivity index (χ4v) is 5.17. The third kappa shape index (κ3) is 3.90. The van der Waals surface area contributed by atoms with Crippen LogP contribution in [0.1, 0.15) is 49.1 Å². The maximum atomic E-state index is 13.2. The SMILES string of the molecule is O=C(CN1C(=O)NC(C2CC2)(C2CC2)C1=O)NCCC(c1ccccc1)c1ccccc1. The summed E-state index contributed by atoms with van der Waals surface area (Å²) in [4.78, 5) is 39.5. The fraction of sp³-hybridized carbons (Fsp3) is 0.423. The molecule has 6 nitrogen and oxygen atoms in total.